The molecule has 0 saturated carbocycles. The van der Waals surface area contributed by atoms with E-state index in [1.54, 1.807) is 0 Å². The molecule has 2 rings (SSSR count). The van der Waals surface area contributed by atoms with Crippen molar-refractivity contribution >= 4 is 48.1 Å². The second-order valence-electron chi connectivity index (χ2n) is 5.82. The fourth-order valence-corrected chi connectivity index (χ4v) is 12.4. The van der Waals surface area contributed by atoms with Gasteiger partial charge in [0.05, 0.1) is 0 Å². The molecule has 0 N–H and O–H groups in total. The summed E-state index contributed by atoms with van der Waals surface area (Å²) in [5.74, 6) is 0. The van der Waals surface area contributed by atoms with Gasteiger partial charge in [-0.1, -0.05) is 88.4 Å². The van der Waals surface area contributed by atoms with Gasteiger partial charge in [-0.3, -0.25) is 0 Å². The summed E-state index contributed by atoms with van der Waals surface area (Å²) >= 11 is 13.0. The minimum absolute atomic E-state index is 0. The quantitative estimate of drug-likeness (QED) is 0.462. The second-order valence-corrected chi connectivity index (χ2v) is 16.5. The van der Waals surface area contributed by atoms with Gasteiger partial charge in [-0.15, -0.1) is 17.8 Å². The van der Waals surface area contributed by atoms with Gasteiger partial charge in [0.1, 0.15) is 0 Å². The molecule has 5 heteroatoms. The van der Waals surface area contributed by atoms with Crippen LogP contribution in [0.3, 0.4) is 0 Å². The Morgan fingerprint density at radius 3 is 1.48 bits per heavy atom. The number of halogens is 1. The SMILES string of the molecule is C[Si](C)(C)[C-](Cl)P(=S)(c1ccccc1)c1ccccc1.[Li+]. The zero-order valence-electron chi connectivity index (χ0n) is 13.0. The Morgan fingerprint density at radius 1 is 0.857 bits per heavy atom. The third-order valence-electron chi connectivity index (χ3n) is 3.13. The van der Waals surface area contributed by atoms with Crippen LogP contribution in [-0.2, 0) is 11.8 Å². The first-order valence-electron chi connectivity index (χ1n) is 6.61. The summed E-state index contributed by atoms with van der Waals surface area (Å²) in [5.41, 5.74) is 0. The summed E-state index contributed by atoms with van der Waals surface area (Å²) in [6.45, 7) is 6.80. The van der Waals surface area contributed by atoms with E-state index < -0.39 is 14.1 Å². The molecule has 0 spiro atoms. The van der Waals surface area contributed by atoms with E-state index in [9.17, 15) is 0 Å². The van der Waals surface area contributed by atoms with E-state index in [1.165, 1.54) is 10.6 Å². The van der Waals surface area contributed by atoms with Crippen molar-refractivity contribution in [2.24, 2.45) is 0 Å². The largest absolute Gasteiger partial charge is 1.00 e. The smallest absolute Gasteiger partial charge is 0.341 e. The van der Waals surface area contributed by atoms with Gasteiger partial charge >= 0.3 is 18.9 Å². The molecule has 0 bridgehead atoms. The Labute approximate surface area is 151 Å². The topological polar surface area (TPSA) is 0 Å². The molecule has 0 aliphatic carbocycles. The standard InChI is InChI=1S/C16H19ClPSSi.Li/c1-20(2,3)16(17)18(19,14-10-6-4-7-11-14)15-12-8-5-9-13-15;/h4-13H,1-3H3;/q-1;+1. The summed E-state index contributed by atoms with van der Waals surface area (Å²) in [7, 11) is -1.63. The number of hydrogen-bond donors (Lipinski definition) is 0. The summed E-state index contributed by atoms with van der Waals surface area (Å²) in [6.07, 6.45) is 0. The average molecular weight is 345 g/mol. The average Bonchev–Trinajstić information content (AvgIpc) is 2.46. The molecule has 0 amide bonds. The van der Waals surface area contributed by atoms with Crippen LogP contribution in [-0.4, -0.2) is 8.07 Å². The van der Waals surface area contributed by atoms with E-state index >= 15 is 0 Å². The summed E-state index contributed by atoms with van der Waals surface area (Å²) in [5, 5.41) is 2.38. The van der Waals surface area contributed by atoms with Gasteiger partial charge < -0.3 is 11.6 Å². The molecular formula is C16H19ClLiPSSi. The van der Waals surface area contributed by atoms with Gasteiger partial charge in [0.15, 0.2) is 0 Å². The maximum atomic E-state index is 6.86. The van der Waals surface area contributed by atoms with Crippen molar-refractivity contribution < 1.29 is 18.9 Å². The predicted octanol–water partition coefficient (Wildman–Crippen LogP) is 1.73. The fourth-order valence-electron chi connectivity index (χ4n) is 2.12. The van der Waals surface area contributed by atoms with Gasteiger partial charge in [-0.05, 0) is 10.6 Å². The Kier molecular flexibility index (Phi) is 7.01. The Hall–Kier alpha value is 0.194. The van der Waals surface area contributed by atoms with E-state index in [1.807, 2.05) is 36.4 Å². The van der Waals surface area contributed by atoms with Gasteiger partial charge in [0.25, 0.3) is 0 Å². The second kappa shape index (κ2) is 7.65. The van der Waals surface area contributed by atoms with Crippen molar-refractivity contribution in [1.82, 2.24) is 0 Å². The number of rotatable bonds is 4. The van der Waals surface area contributed by atoms with Crippen molar-refractivity contribution in [3.05, 3.63) is 65.4 Å². The molecule has 0 saturated heterocycles. The summed E-state index contributed by atoms with van der Waals surface area (Å²) < 4.78 is 1.03. The number of benzene rings is 2. The van der Waals surface area contributed by atoms with Crippen molar-refractivity contribution in [1.29, 1.82) is 0 Å². The van der Waals surface area contributed by atoms with Gasteiger partial charge in [0, 0.05) is 0 Å². The van der Waals surface area contributed by atoms with Crippen LogP contribution in [0.2, 0.25) is 19.6 Å². The molecule has 0 radical (unpaired) electrons. The van der Waals surface area contributed by atoms with Crippen molar-refractivity contribution in [3.8, 4) is 0 Å². The van der Waals surface area contributed by atoms with Crippen LogP contribution in [0.1, 0.15) is 0 Å². The van der Waals surface area contributed by atoms with Gasteiger partial charge in [-0.25, -0.2) is 0 Å². The molecule has 0 unspecified atom stereocenters. The van der Waals surface area contributed by atoms with Crippen LogP contribution in [0.15, 0.2) is 60.7 Å². The molecule has 0 aromatic heterocycles. The van der Waals surface area contributed by atoms with Crippen LogP contribution < -0.4 is 29.5 Å². The minimum Gasteiger partial charge on any atom is -0.341 e. The molecule has 2 aromatic rings. The van der Waals surface area contributed by atoms with E-state index in [4.69, 9.17) is 23.4 Å². The molecule has 0 atom stereocenters. The van der Waals surface area contributed by atoms with Crippen molar-refractivity contribution in [2.45, 2.75) is 19.6 Å². The Balaban J connectivity index is 0.00000220. The minimum atomic E-state index is -2.06. The van der Waals surface area contributed by atoms with E-state index in [0.717, 1.165) is 4.74 Å². The molecule has 0 fully saturated rings. The zero-order chi connectivity index (χ0) is 14.8. The monoisotopic (exact) mass is 344 g/mol. The molecule has 106 valence electrons. The molecule has 0 aliphatic heterocycles. The first-order valence-corrected chi connectivity index (χ1v) is 13.3. The maximum absolute atomic E-state index is 6.86. The summed E-state index contributed by atoms with van der Waals surface area (Å²) in [4.78, 5) is 0. The van der Waals surface area contributed by atoms with E-state index in [-0.39, 0.29) is 18.9 Å². The maximum Gasteiger partial charge on any atom is 1.00 e. The fraction of sp³-hybridized carbons (Fsp3) is 0.188. The summed E-state index contributed by atoms with van der Waals surface area (Å²) in [6, 6.07) is 18.7. The van der Waals surface area contributed by atoms with E-state index in [0.29, 0.717) is 0 Å². The third-order valence-corrected chi connectivity index (χ3v) is 15.1. The normalized spacial score (nSPS) is 12.0. The third kappa shape index (κ3) is 4.14. The van der Waals surface area contributed by atoms with Crippen LogP contribution in [0.5, 0.6) is 0 Å². The molecule has 2 aromatic carbocycles. The predicted molar refractivity (Wildman–Crippen MR) is 98.9 cm³/mol. The molecule has 0 nitrogen and oxygen atoms in total. The molecular weight excluding hydrogens is 326 g/mol. The van der Waals surface area contributed by atoms with E-state index in [2.05, 4.69) is 43.9 Å². The zero-order valence-corrected chi connectivity index (χ0v) is 16.5. The number of hydrogen-bond acceptors (Lipinski definition) is 1. The first kappa shape index (κ1) is 19.2. The van der Waals surface area contributed by atoms with Crippen LogP contribution in [0.25, 0.3) is 0 Å². The Morgan fingerprint density at radius 2 is 1.19 bits per heavy atom. The molecule has 21 heavy (non-hydrogen) atoms. The van der Waals surface area contributed by atoms with Crippen LogP contribution in [0, 0.1) is 4.74 Å². The Bertz CT molecular complexity index is 570. The van der Waals surface area contributed by atoms with Crippen LogP contribution in [0.4, 0.5) is 0 Å². The first-order chi connectivity index (χ1) is 9.37. The van der Waals surface area contributed by atoms with Gasteiger partial charge in [-0.2, -0.15) is 4.74 Å². The molecule has 0 heterocycles. The molecule has 0 aliphatic rings. The van der Waals surface area contributed by atoms with Gasteiger partial charge in [0.2, 0.25) is 0 Å². The van der Waals surface area contributed by atoms with Crippen molar-refractivity contribution in [2.75, 3.05) is 0 Å². The van der Waals surface area contributed by atoms with Crippen LogP contribution >= 0.6 is 17.6 Å². The van der Waals surface area contributed by atoms with Crippen molar-refractivity contribution in [3.63, 3.8) is 0 Å².